The molecule has 178 valence electrons. The zero-order chi connectivity index (χ0) is 24.5. The Morgan fingerprint density at radius 2 is 1.80 bits per heavy atom. The van der Waals surface area contributed by atoms with Crippen LogP contribution in [0, 0.1) is 0 Å². The van der Waals surface area contributed by atoms with Crippen LogP contribution in [0.25, 0.3) is 0 Å². The maximum Gasteiger partial charge on any atom is 0.259 e. The van der Waals surface area contributed by atoms with E-state index in [1.54, 1.807) is 43.3 Å². The van der Waals surface area contributed by atoms with Crippen molar-refractivity contribution < 1.29 is 23.9 Å². The molecule has 0 aliphatic carbocycles. The molecule has 5 rings (SSSR count). The molecule has 35 heavy (non-hydrogen) atoms. The van der Waals surface area contributed by atoms with Crippen molar-refractivity contribution in [1.29, 1.82) is 0 Å². The molecule has 3 aromatic carbocycles. The quantitative estimate of drug-likeness (QED) is 0.525. The minimum atomic E-state index is -0.741. The van der Waals surface area contributed by atoms with Gasteiger partial charge in [0.05, 0.1) is 11.4 Å². The average Bonchev–Trinajstić information content (AvgIpc) is 3.35. The minimum Gasteiger partial charge on any atom is -0.454 e. The van der Waals surface area contributed by atoms with E-state index < -0.39 is 6.04 Å². The third-order valence-corrected chi connectivity index (χ3v) is 6.06. The molecule has 3 aromatic rings. The van der Waals surface area contributed by atoms with Crippen LogP contribution in [-0.4, -0.2) is 30.6 Å². The summed E-state index contributed by atoms with van der Waals surface area (Å²) >= 11 is 0. The van der Waals surface area contributed by atoms with Crippen molar-refractivity contribution in [3.63, 3.8) is 0 Å². The number of hydrogen-bond acceptors (Lipinski definition) is 6. The van der Waals surface area contributed by atoms with Crippen LogP contribution in [0.1, 0.15) is 38.8 Å². The number of nitrogens with zero attached hydrogens (tertiary/aromatic N) is 1. The van der Waals surface area contributed by atoms with Crippen molar-refractivity contribution >= 4 is 29.1 Å². The van der Waals surface area contributed by atoms with Crippen LogP contribution < -0.4 is 30.7 Å². The van der Waals surface area contributed by atoms with Crippen molar-refractivity contribution in [2.45, 2.75) is 26.1 Å². The highest BCUT2D eigenvalue weighted by Gasteiger charge is 2.35. The molecule has 0 fully saturated rings. The summed E-state index contributed by atoms with van der Waals surface area (Å²) in [5, 5.41) is 5.68. The SMILES string of the molecule is CC1C(=O)Nc2cc(C(=O)NCc3cccc(CN)c3)ccc2N1C(=O)c1ccc2c(c1)OCO2. The first-order valence-corrected chi connectivity index (χ1v) is 11.2. The lowest BCUT2D eigenvalue weighted by Gasteiger charge is -2.34. The van der Waals surface area contributed by atoms with Crippen LogP contribution in [0.5, 0.6) is 11.5 Å². The number of carbonyl (C=O) groups excluding carboxylic acids is 3. The maximum atomic E-state index is 13.4. The van der Waals surface area contributed by atoms with E-state index in [1.807, 2.05) is 24.3 Å². The fraction of sp³-hybridized carbons (Fsp3) is 0.192. The van der Waals surface area contributed by atoms with Gasteiger partial charge in [-0.25, -0.2) is 0 Å². The van der Waals surface area contributed by atoms with E-state index in [1.165, 1.54) is 4.90 Å². The number of nitrogens with two attached hydrogens (primary N) is 1. The lowest BCUT2D eigenvalue weighted by Crippen LogP contribution is -2.49. The van der Waals surface area contributed by atoms with Gasteiger partial charge in [0.25, 0.3) is 11.8 Å². The predicted octanol–water partition coefficient (Wildman–Crippen LogP) is 2.79. The zero-order valence-electron chi connectivity index (χ0n) is 19.0. The Hall–Kier alpha value is -4.37. The lowest BCUT2D eigenvalue weighted by atomic mass is 10.0. The Bertz CT molecular complexity index is 1340. The fourth-order valence-electron chi connectivity index (χ4n) is 4.16. The van der Waals surface area contributed by atoms with Crippen LogP contribution in [0.2, 0.25) is 0 Å². The molecule has 4 N–H and O–H groups in total. The molecule has 0 saturated heterocycles. The first-order chi connectivity index (χ1) is 16.9. The predicted molar refractivity (Wildman–Crippen MR) is 129 cm³/mol. The molecular formula is C26H24N4O5. The molecular weight excluding hydrogens is 448 g/mol. The monoisotopic (exact) mass is 472 g/mol. The summed E-state index contributed by atoms with van der Waals surface area (Å²) < 4.78 is 10.7. The second kappa shape index (κ2) is 9.11. The normalized spacial score (nSPS) is 15.9. The van der Waals surface area contributed by atoms with Crippen molar-refractivity contribution in [3.8, 4) is 11.5 Å². The van der Waals surface area contributed by atoms with Crippen molar-refractivity contribution in [1.82, 2.24) is 5.32 Å². The molecule has 0 aromatic heterocycles. The molecule has 2 heterocycles. The van der Waals surface area contributed by atoms with Gasteiger partial charge < -0.3 is 25.8 Å². The number of anilines is 2. The smallest absolute Gasteiger partial charge is 0.259 e. The van der Waals surface area contributed by atoms with E-state index in [2.05, 4.69) is 10.6 Å². The van der Waals surface area contributed by atoms with Gasteiger partial charge in [0.1, 0.15) is 6.04 Å². The van der Waals surface area contributed by atoms with Crippen LogP contribution in [0.15, 0.2) is 60.7 Å². The van der Waals surface area contributed by atoms with Gasteiger partial charge in [-0.2, -0.15) is 0 Å². The number of nitrogens with one attached hydrogen (secondary N) is 2. The Morgan fingerprint density at radius 3 is 2.63 bits per heavy atom. The highest BCUT2D eigenvalue weighted by atomic mass is 16.7. The first kappa shape index (κ1) is 22.4. The van der Waals surface area contributed by atoms with Gasteiger partial charge in [0.2, 0.25) is 12.7 Å². The van der Waals surface area contributed by atoms with Crippen LogP contribution in [-0.2, 0) is 17.9 Å². The summed E-state index contributed by atoms with van der Waals surface area (Å²) in [6, 6.07) is 16.7. The molecule has 2 aliphatic rings. The zero-order valence-corrected chi connectivity index (χ0v) is 19.0. The van der Waals surface area contributed by atoms with Crippen LogP contribution in [0.3, 0.4) is 0 Å². The average molecular weight is 473 g/mol. The van der Waals surface area contributed by atoms with Gasteiger partial charge >= 0.3 is 0 Å². The third-order valence-electron chi connectivity index (χ3n) is 6.06. The van der Waals surface area contributed by atoms with Gasteiger partial charge in [0.15, 0.2) is 11.5 Å². The highest BCUT2D eigenvalue weighted by molar-refractivity contribution is 6.17. The molecule has 1 unspecified atom stereocenters. The third kappa shape index (κ3) is 4.29. The Morgan fingerprint density at radius 1 is 1.03 bits per heavy atom. The molecule has 0 bridgehead atoms. The summed E-state index contributed by atoms with van der Waals surface area (Å²) in [7, 11) is 0. The highest BCUT2D eigenvalue weighted by Crippen LogP contribution is 2.37. The Kier molecular flexibility index (Phi) is 5.84. The van der Waals surface area contributed by atoms with Gasteiger partial charge in [0, 0.05) is 24.2 Å². The largest absolute Gasteiger partial charge is 0.454 e. The molecule has 3 amide bonds. The number of hydrogen-bond donors (Lipinski definition) is 3. The standard InChI is InChI=1S/C26H24N4O5/c1-15-24(31)29-20-10-18(25(32)28-13-17-4-2-3-16(9-17)12-27)5-7-21(20)30(15)26(33)19-6-8-22-23(11-19)35-14-34-22/h2-11,15H,12-14,27H2,1H3,(H,28,32)(H,29,31). The van der Waals surface area contributed by atoms with Crippen molar-refractivity contribution in [3.05, 3.63) is 82.9 Å². The molecule has 9 nitrogen and oxygen atoms in total. The molecule has 0 spiro atoms. The lowest BCUT2D eigenvalue weighted by molar-refractivity contribution is -0.117. The van der Waals surface area contributed by atoms with E-state index >= 15 is 0 Å². The maximum absolute atomic E-state index is 13.4. The van der Waals surface area contributed by atoms with Gasteiger partial charge in [-0.15, -0.1) is 0 Å². The number of amides is 3. The van der Waals surface area contributed by atoms with E-state index in [4.69, 9.17) is 15.2 Å². The van der Waals surface area contributed by atoms with Crippen LogP contribution in [0.4, 0.5) is 11.4 Å². The number of carbonyl (C=O) groups is 3. The fourth-order valence-corrected chi connectivity index (χ4v) is 4.16. The van der Waals surface area contributed by atoms with Crippen LogP contribution >= 0.6 is 0 Å². The molecule has 0 radical (unpaired) electrons. The van der Waals surface area contributed by atoms with E-state index in [0.717, 1.165) is 11.1 Å². The van der Waals surface area contributed by atoms with E-state index in [-0.39, 0.29) is 24.5 Å². The molecule has 0 saturated carbocycles. The summed E-state index contributed by atoms with van der Waals surface area (Å²) in [5.41, 5.74) is 9.22. The van der Waals surface area contributed by atoms with E-state index in [9.17, 15) is 14.4 Å². The number of fused-ring (bicyclic) bond motifs is 2. The second-order valence-corrected chi connectivity index (χ2v) is 8.35. The van der Waals surface area contributed by atoms with Gasteiger partial charge in [-0.1, -0.05) is 24.3 Å². The summed E-state index contributed by atoms with van der Waals surface area (Å²) in [6.07, 6.45) is 0. The minimum absolute atomic E-state index is 0.0988. The number of benzene rings is 3. The van der Waals surface area contributed by atoms with Gasteiger partial charge in [-0.3, -0.25) is 19.3 Å². The number of rotatable bonds is 5. The molecule has 2 aliphatic heterocycles. The molecule has 1 atom stereocenters. The molecule has 9 heteroatoms. The van der Waals surface area contributed by atoms with Crippen molar-refractivity contribution in [2.75, 3.05) is 17.0 Å². The Balaban J connectivity index is 1.38. The first-order valence-electron chi connectivity index (χ1n) is 11.2. The summed E-state index contributed by atoms with van der Waals surface area (Å²) in [4.78, 5) is 40.3. The second-order valence-electron chi connectivity index (χ2n) is 8.35. The topological polar surface area (TPSA) is 123 Å². The van der Waals surface area contributed by atoms with Crippen molar-refractivity contribution in [2.24, 2.45) is 5.73 Å². The van der Waals surface area contributed by atoms with Gasteiger partial charge in [-0.05, 0) is 54.4 Å². The summed E-state index contributed by atoms with van der Waals surface area (Å²) in [6.45, 7) is 2.51. The number of ether oxygens (including phenoxy) is 2. The summed E-state index contributed by atoms with van der Waals surface area (Å²) in [5.74, 6) is 0.0464. The van der Waals surface area contributed by atoms with E-state index in [0.29, 0.717) is 47.1 Å². The Labute approximate surface area is 201 Å².